The van der Waals surface area contributed by atoms with Crippen molar-refractivity contribution in [3.63, 3.8) is 0 Å². The van der Waals surface area contributed by atoms with Crippen LogP contribution in [0.2, 0.25) is 0 Å². The average molecular weight is 319 g/mol. The Morgan fingerprint density at radius 1 is 1.22 bits per heavy atom. The highest BCUT2D eigenvalue weighted by atomic mass is 16.3. The third-order valence-electron chi connectivity index (χ3n) is 4.29. The maximum atomic E-state index is 12.3. The number of carbonyl (C=O) groups is 1. The number of benzene rings is 1. The largest absolute Gasteiger partial charge is 0.396 e. The lowest BCUT2D eigenvalue weighted by Gasteiger charge is -2.24. The van der Waals surface area contributed by atoms with Crippen molar-refractivity contribution >= 4 is 6.03 Å². The summed E-state index contributed by atoms with van der Waals surface area (Å²) in [5.74, 6) is 0. The van der Waals surface area contributed by atoms with E-state index in [0.29, 0.717) is 0 Å². The zero-order chi connectivity index (χ0) is 16.5. The van der Waals surface area contributed by atoms with Gasteiger partial charge in [0.25, 0.3) is 0 Å². The second-order valence-electron chi connectivity index (χ2n) is 6.32. The van der Waals surface area contributed by atoms with E-state index in [0.717, 1.165) is 52.0 Å². The molecule has 2 N–H and O–H groups in total. The Morgan fingerprint density at radius 3 is 2.74 bits per heavy atom. The predicted molar refractivity (Wildman–Crippen MR) is 92.2 cm³/mol. The summed E-state index contributed by atoms with van der Waals surface area (Å²) in [5, 5.41) is 11.9. The summed E-state index contributed by atoms with van der Waals surface area (Å²) in [6.45, 7) is 6.63. The fourth-order valence-electron chi connectivity index (χ4n) is 2.95. The summed E-state index contributed by atoms with van der Waals surface area (Å²) < 4.78 is 0. The van der Waals surface area contributed by atoms with Crippen molar-refractivity contribution in [2.75, 3.05) is 32.8 Å². The standard InChI is InChI=1S/C18H29N3O2/c1-16(7-5-14-22)19-18(23)21-11-6-10-20(12-13-21)15-17-8-3-2-4-9-17/h2-4,8-9,16,22H,5-7,10-15H2,1H3,(H,19,23). The van der Waals surface area contributed by atoms with Crippen LogP contribution in [0.4, 0.5) is 4.79 Å². The van der Waals surface area contributed by atoms with Crippen molar-refractivity contribution in [2.24, 2.45) is 0 Å². The van der Waals surface area contributed by atoms with Crippen LogP contribution in [0.1, 0.15) is 31.7 Å². The first-order valence-electron chi connectivity index (χ1n) is 8.61. The van der Waals surface area contributed by atoms with Gasteiger partial charge in [-0.15, -0.1) is 0 Å². The summed E-state index contributed by atoms with van der Waals surface area (Å²) in [4.78, 5) is 16.7. The minimum absolute atomic E-state index is 0.0250. The maximum Gasteiger partial charge on any atom is 0.317 e. The molecule has 1 aliphatic rings. The molecule has 1 atom stereocenters. The zero-order valence-electron chi connectivity index (χ0n) is 14.1. The Hall–Kier alpha value is -1.59. The second kappa shape index (κ2) is 9.53. The number of nitrogens with zero attached hydrogens (tertiary/aromatic N) is 2. The molecule has 1 aliphatic heterocycles. The first-order valence-corrected chi connectivity index (χ1v) is 8.61. The molecule has 1 unspecified atom stereocenters. The molecule has 1 aromatic carbocycles. The summed E-state index contributed by atoms with van der Waals surface area (Å²) in [6, 6.07) is 10.6. The highest BCUT2D eigenvalue weighted by Gasteiger charge is 2.20. The number of aliphatic hydroxyl groups is 1. The van der Waals surface area contributed by atoms with Gasteiger partial charge in [0.1, 0.15) is 0 Å². The van der Waals surface area contributed by atoms with E-state index >= 15 is 0 Å². The molecular weight excluding hydrogens is 290 g/mol. The molecule has 0 bridgehead atoms. The first-order chi connectivity index (χ1) is 11.2. The molecule has 1 aromatic rings. The lowest BCUT2D eigenvalue weighted by Crippen LogP contribution is -2.45. The van der Waals surface area contributed by atoms with Gasteiger partial charge in [-0.2, -0.15) is 0 Å². The Labute approximate surface area is 139 Å². The van der Waals surface area contributed by atoms with Crippen molar-refractivity contribution in [3.05, 3.63) is 35.9 Å². The molecule has 2 amide bonds. The first kappa shape index (κ1) is 17.8. The molecular formula is C18H29N3O2. The van der Waals surface area contributed by atoms with Gasteiger partial charge >= 0.3 is 6.03 Å². The van der Waals surface area contributed by atoms with Crippen molar-refractivity contribution in [3.8, 4) is 0 Å². The van der Waals surface area contributed by atoms with E-state index in [1.54, 1.807) is 0 Å². The van der Waals surface area contributed by atoms with E-state index in [1.165, 1.54) is 5.56 Å². The topological polar surface area (TPSA) is 55.8 Å². The Balaban J connectivity index is 1.77. The summed E-state index contributed by atoms with van der Waals surface area (Å²) in [6.07, 6.45) is 2.55. The van der Waals surface area contributed by atoms with Gasteiger partial charge in [0.15, 0.2) is 0 Å². The number of aliphatic hydroxyl groups excluding tert-OH is 1. The number of urea groups is 1. The molecule has 0 aromatic heterocycles. The molecule has 0 aliphatic carbocycles. The SMILES string of the molecule is CC(CCCO)NC(=O)N1CCCN(Cc2ccccc2)CC1. The van der Waals surface area contributed by atoms with Crippen LogP contribution >= 0.6 is 0 Å². The van der Waals surface area contributed by atoms with Crippen LogP contribution in [0.15, 0.2) is 30.3 Å². The quantitative estimate of drug-likeness (QED) is 0.844. The van der Waals surface area contributed by atoms with Gasteiger partial charge in [0, 0.05) is 45.4 Å². The molecule has 5 heteroatoms. The van der Waals surface area contributed by atoms with Crippen molar-refractivity contribution in [2.45, 2.75) is 38.8 Å². The third-order valence-corrected chi connectivity index (χ3v) is 4.29. The predicted octanol–water partition coefficient (Wildman–Crippen LogP) is 2.06. The van der Waals surface area contributed by atoms with Gasteiger partial charge in [-0.3, -0.25) is 4.90 Å². The van der Waals surface area contributed by atoms with Gasteiger partial charge in [-0.25, -0.2) is 4.79 Å². The van der Waals surface area contributed by atoms with Gasteiger partial charge < -0.3 is 15.3 Å². The van der Waals surface area contributed by atoms with Gasteiger partial charge in [-0.05, 0) is 31.7 Å². The van der Waals surface area contributed by atoms with Crippen LogP contribution in [0.25, 0.3) is 0 Å². The normalized spacial score (nSPS) is 17.6. The van der Waals surface area contributed by atoms with E-state index in [-0.39, 0.29) is 18.7 Å². The molecule has 1 saturated heterocycles. The molecule has 23 heavy (non-hydrogen) atoms. The summed E-state index contributed by atoms with van der Waals surface area (Å²) in [7, 11) is 0. The fraction of sp³-hybridized carbons (Fsp3) is 0.611. The van der Waals surface area contributed by atoms with Gasteiger partial charge in [-0.1, -0.05) is 30.3 Å². The van der Waals surface area contributed by atoms with Gasteiger partial charge in [0.05, 0.1) is 0 Å². The maximum absolute atomic E-state index is 12.3. The number of nitrogens with one attached hydrogen (secondary N) is 1. The van der Waals surface area contributed by atoms with Crippen LogP contribution in [0.3, 0.4) is 0 Å². The number of amides is 2. The lowest BCUT2D eigenvalue weighted by atomic mass is 10.2. The van der Waals surface area contributed by atoms with Crippen molar-refractivity contribution in [1.82, 2.24) is 15.1 Å². The van der Waals surface area contributed by atoms with E-state index in [1.807, 2.05) is 17.9 Å². The van der Waals surface area contributed by atoms with Crippen molar-refractivity contribution in [1.29, 1.82) is 0 Å². The number of hydrogen-bond donors (Lipinski definition) is 2. The molecule has 1 heterocycles. The third kappa shape index (κ3) is 6.20. The highest BCUT2D eigenvalue weighted by molar-refractivity contribution is 5.74. The van der Waals surface area contributed by atoms with E-state index in [9.17, 15) is 4.79 Å². The van der Waals surface area contributed by atoms with Crippen LogP contribution < -0.4 is 5.32 Å². The smallest absolute Gasteiger partial charge is 0.317 e. The molecule has 2 rings (SSSR count). The lowest BCUT2D eigenvalue weighted by molar-refractivity contribution is 0.192. The average Bonchev–Trinajstić information content (AvgIpc) is 2.79. The Kier molecular flexibility index (Phi) is 7.36. The second-order valence-corrected chi connectivity index (χ2v) is 6.32. The number of rotatable bonds is 6. The number of carbonyl (C=O) groups excluding carboxylic acids is 1. The fourth-order valence-corrected chi connectivity index (χ4v) is 2.95. The minimum Gasteiger partial charge on any atom is -0.396 e. The number of hydrogen-bond acceptors (Lipinski definition) is 3. The van der Waals surface area contributed by atoms with Crippen LogP contribution in [-0.2, 0) is 6.54 Å². The van der Waals surface area contributed by atoms with Crippen molar-refractivity contribution < 1.29 is 9.90 Å². The summed E-state index contributed by atoms with van der Waals surface area (Å²) >= 11 is 0. The van der Waals surface area contributed by atoms with Crippen LogP contribution in [-0.4, -0.2) is 59.8 Å². The molecule has 0 saturated carbocycles. The van der Waals surface area contributed by atoms with E-state index in [2.05, 4.69) is 34.5 Å². The zero-order valence-corrected chi connectivity index (χ0v) is 14.1. The monoisotopic (exact) mass is 319 g/mol. The molecule has 128 valence electrons. The molecule has 5 nitrogen and oxygen atoms in total. The summed E-state index contributed by atoms with van der Waals surface area (Å²) in [5.41, 5.74) is 1.32. The van der Waals surface area contributed by atoms with Gasteiger partial charge in [0.2, 0.25) is 0 Å². The van der Waals surface area contributed by atoms with Crippen LogP contribution in [0, 0.1) is 0 Å². The van der Waals surface area contributed by atoms with Crippen LogP contribution in [0.5, 0.6) is 0 Å². The molecule has 0 radical (unpaired) electrons. The minimum atomic E-state index is 0.0250. The Bertz CT molecular complexity index is 467. The Morgan fingerprint density at radius 2 is 2.00 bits per heavy atom. The molecule has 1 fully saturated rings. The molecule has 0 spiro atoms. The van der Waals surface area contributed by atoms with E-state index in [4.69, 9.17) is 5.11 Å². The van der Waals surface area contributed by atoms with E-state index < -0.39 is 0 Å². The highest BCUT2D eigenvalue weighted by Crippen LogP contribution is 2.09.